The normalized spacial score (nSPS) is 18.6. The average Bonchev–Trinajstić information content (AvgIpc) is 3.50. The third kappa shape index (κ3) is 4.26. The van der Waals surface area contributed by atoms with Crippen molar-refractivity contribution in [2.45, 2.75) is 51.1 Å². The van der Waals surface area contributed by atoms with Gasteiger partial charge >= 0.3 is 0 Å². The molecular formula is C24H29N7O. The molecule has 1 saturated heterocycles. The van der Waals surface area contributed by atoms with E-state index in [0.717, 1.165) is 69.9 Å². The first-order valence-electron chi connectivity index (χ1n) is 11.6. The van der Waals surface area contributed by atoms with Crippen molar-refractivity contribution in [3.8, 4) is 11.8 Å². The fourth-order valence-electron chi connectivity index (χ4n) is 4.91. The van der Waals surface area contributed by atoms with Gasteiger partial charge in [0.1, 0.15) is 24.5 Å². The molecule has 0 aliphatic carbocycles. The summed E-state index contributed by atoms with van der Waals surface area (Å²) < 4.78 is 8.27. The molecule has 2 aliphatic rings. The van der Waals surface area contributed by atoms with Crippen molar-refractivity contribution in [3.05, 3.63) is 47.9 Å². The fraction of sp³-hybridized carbons (Fsp3) is 0.500. The van der Waals surface area contributed by atoms with Crippen LogP contribution in [-0.4, -0.2) is 56.8 Å². The smallest absolute Gasteiger partial charge is 0.254 e. The largest absolute Gasteiger partial charge is 0.491 e. The van der Waals surface area contributed by atoms with Crippen LogP contribution >= 0.6 is 0 Å². The van der Waals surface area contributed by atoms with Gasteiger partial charge in [0.05, 0.1) is 12.1 Å². The highest BCUT2D eigenvalue weighted by Crippen LogP contribution is 2.30. The quantitative estimate of drug-likeness (QED) is 0.507. The Kier molecular flexibility index (Phi) is 6.17. The Bertz CT molecular complexity index is 1110. The van der Waals surface area contributed by atoms with Crippen LogP contribution in [0.15, 0.2) is 36.8 Å². The van der Waals surface area contributed by atoms with E-state index in [4.69, 9.17) is 10.00 Å². The zero-order valence-corrected chi connectivity index (χ0v) is 18.4. The fourth-order valence-corrected chi connectivity index (χ4v) is 4.91. The van der Waals surface area contributed by atoms with Crippen LogP contribution in [0.2, 0.25) is 0 Å². The molecule has 2 aliphatic heterocycles. The van der Waals surface area contributed by atoms with E-state index in [1.807, 2.05) is 10.6 Å². The summed E-state index contributed by atoms with van der Waals surface area (Å²) in [4.78, 5) is 13.4. The van der Waals surface area contributed by atoms with Crippen LogP contribution in [0.25, 0.3) is 5.78 Å². The number of rotatable bonds is 8. The van der Waals surface area contributed by atoms with Gasteiger partial charge in [-0.05, 0) is 56.3 Å². The SMILES string of the molecule is N#CCCCCN1CCc2cccc(OCC3CCCN3c3ccnc4ncnn34)c2C1. The predicted octanol–water partition coefficient (Wildman–Crippen LogP) is 3.22. The van der Waals surface area contributed by atoms with Crippen LogP contribution in [0.3, 0.4) is 0 Å². The molecule has 3 aromatic rings. The Labute approximate surface area is 188 Å². The number of hydrogen-bond donors (Lipinski definition) is 0. The summed E-state index contributed by atoms with van der Waals surface area (Å²) in [6.45, 7) is 4.68. The second-order valence-electron chi connectivity index (χ2n) is 8.61. The molecule has 0 saturated carbocycles. The van der Waals surface area contributed by atoms with Gasteiger partial charge in [-0.1, -0.05) is 12.1 Å². The number of ether oxygens (including phenoxy) is 1. The van der Waals surface area contributed by atoms with Crippen molar-refractivity contribution in [2.24, 2.45) is 0 Å². The lowest BCUT2D eigenvalue weighted by Crippen LogP contribution is -2.36. The first-order valence-corrected chi connectivity index (χ1v) is 11.6. The topological polar surface area (TPSA) is 82.6 Å². The van der Waals surface area contributed by atoms with Gasteiger partial charge in [-0.25, -0.2) is 4.98 Å². The van der Waals surface area contributed by atoms with Crippen molar-refractivity contribution >= 4 is 11.6 Å². The summed E-state index contributed by atoms with van der Waals surface area (Å²) in [5, 5.41) is 13.1. The maximum atomic E-state index is 8.76. The van der Waals surface area contributed by atoms with Crippen LogP contribution in [0.5, 0.6) is 5.75 Å². The lowest BCUT2D eigenvalue weighted by molar-refractivity contribution is 0.235. The van der Waals surface area contributed by atoms with Crippen LogP contribution in [-0.2, 0) is 13.0 Å². The van der Waals surface area contributed by atoms with Gasteiger partial charge in [0.15, 0.2) is 0 Å². The van der Waals surface area contributed by atoms with Gasteiger partial charge < -0.3 is 9.64 Å². The maximum absolute atomic E-state index is 8.76. The van der Waals surface area contributed by atoms with E-state index in [-0.39, 0.29) is 0 Å². The van der Waals surface area contributed by atoms with Gasteiger partial charge in [0, 0.05) is 37.8 Å². The molecule has 8 nitrogen and oxygen atoms in total. The summed E-state index contributed by atoms with van der Waals surface area (Å²) in [5.74, 6) is 2.66. The van der Waals surface area contributed by atoms with Crippen molar-refractivity contribution in [2.75, 3.05) is 31.1 Å². The maximum Gasteiger partial charge on any atom is 0.254 e. The van der Waals surface area contributed by atoms with E-state index in [1.54, 1.807) is 12.5 Å². The zero-order chi connectivity index (χ0) is 21.8. The van der Waals surface area contributed by atoms with E-state index in [2.05, 4.69) is 49.1 Å². The molecule has 0 radical (unpaired) electrons. The van der Waals surface area contributed by atoms with Gasteiger partial charge in [-0.3, -0.25) is 4.90 Å². The molecule has 2 aromatic heterocycles. The molecule has 166 valence electrons. The number of anilines is 1. The van der Waals surface area contributed by atoms with Gasteiger partial charge in [0.2, 0.25) is 0 Å². The van der Waals surface area contributed by atoms with Crippen LogP contribution in [0.4, 0.5) is 5.82 Å². The third-order valence-corrected chi connectivity index (χ3v) is 6.59. The molecule has 1 unspecified atom stereocenters. The number of benzene rings is 1. The van der Waals surface area contributed by atoms with Crippen molar-refractivity contribution in [3.63, 3.8) is 0 Å². The van der Waals surface area contributed by atoms with Crippen LogP contribution in [0.1, 0.15) is 43.2 Å². The molecule has 8 heteroatoms. The predicted molar refractivity (Wildman–Crippen MR) is 122 cm³/mol. The first kappa shape index (κ1) is 20.7. The molecule has 4 heterocycles. The summed E-state index contributed by atoms with van der Waals surface area (Å²) in [6, 6.07) is 11.0. The number of nitriles is 1. The number of hydrogen-bond acceptors (Lipinski definition) is 7. The van der Waals surface area contributed by atoms with Gasteiger partial charge in [-0.2, -0.15) is 19.9 Å². The molecule has 0 spiro atoms. The standard InChI is InChI=1S/C24H29N7O/c25-11-2-1-3-13-29-15-10-19-6-4-8-22(21(19)16-29)32-17-20-7-5-14-30(20)23-9-12-26-24-27-18-28-31(23)24/h4,6,8-9,12,18,20H,1-3,5,7,10,13-17H2. The Hall–Kier alpha value is -3.18. The minimum absolute atomic E-state index is 0.298. The highest BCUT2D eigenvalue weighted by Gasteiger charge is 2.28. The summed E-state index contributed by atoms with van der Waals surface area (Å²) in [7, 11) is 0. The number of aromatic nitrogens is 4. The lowest BCUT2D eigenvalue weighted by atomic mass is 9.98. The Morgan fingerprint density at radius 1 is 1.16 bits per heavy atom. The Balaban J connectivity index is 1.26. The van der Waals surface area contributed by atoms with E-state index in [9.17, 15) is 0 Å². The Morgan fingerprint density at radius 3 is 3.06 bits per heavy atom. The first-order chi connectivity index (χ1) is 15.8. The molecule has 1 atom stereocenters. The van der Waals surface area contributed by atoms with Crippen molar-refractivity contribution < 1.29 is 4.74 Å². The molecular weight excluding hydrogens is 402 g/mol. The molecule has 32 heavy (non-hydrogen) atoms. The van der Waals surface area contributed by atoms with E-state index in [1.165, 1.54) is 11.1 Å². The van der Waals surface area contributed by atoms with Gasteiger partial charge in [0.25, 0.3) is 5.78 Å². The number of fused-ring (bicyclic) bond motifs is 2. The molecule has 0 bridgehead atoms. The van der Waals surface area contributed by atoms with Crippen molar-refractivity contribution in [1.82, 2.24) is 24.5 Å². The summed E-state index contributed by atoms with van der Waals surface area (Å²) in [5.41, 5.74) is 2.73. The zero-order valence-electron chi connectivity index (χ0n) is 18.4. The minimum Gasteiger partial charge on any atom is -0.491 e. The molecule has 0 amide bonds. The molecule has 5 rings (SSSR count). The van der Waals surface area contributed by atoms with Crippen LogP contribution < -0.4 is 9.64 Å². The second kappa shape index (κ2) is 9.53. The summed E-state index contributed by atoms with van der Waals surface area (Å²) in [6.07, 6.45) is 9.34. The lowest BCUT2D eigenvalue weighted by Gasteiger charge is -2.31. The van der Waals surface area contributed by atoms with Gasteiger partial charge in [-0.15, -0.1) is 0 Å². The molecule has 1 aromatic carbocycles. The number of unbranched alkanes of at least 4 members (excludes halogenated alkanes) is 2. The Morgan fingerprint density at radius 2 is 2.12 bits per heavy atom. The van der Waals surface area contributed by atoms with E-state index < -0.39 is 0 Å². The summed E-state index contributed by atoms with van der Waals surface area (Å²) >= 11 is 0. The van der Waals surface area contributed by atoms with Crippen molar-refractivity contribution in [1.29, 1.82) is 5.26 Å². The highest BCUT2D eigenvalue weighted by atomic mass is 16.5. The van der Waals surface area contributed by atoms with E-state index in [0.29, 0.717) is 24.8 Å². The van der Waals surface area contributed by atoms with E-state index >= 15 is 0 Å². The monoisotopic (exact) mass is 431 g/mol. The molecule has 1 fully saturated rings. The minimum atomic E-state index is 0.298. The number of nitrogens with zero attached hydrogens (tertiary/aromatic N) is 7. The highest BCUT2D eigenvalue weighted by molar-refractivity contribution is 5.47. The molecule has 0 N–H and O–H groups in total. The second-order valence-corrected chi connectivity index (χ2v) is 8.61. The van der Waals surface area contributed by atoms with Crippen LogP contribution in [0, 0.1) is 11.3 Å². The third-order valence-electron chi connectivity index (χ3n) is 6.59. The average molecular weight is 432 g/mol.